The maximum atomic E-state index is 12.5. The molecular formula is C16H21ClN2O3. The maximum absolute atomic E-state index is 12.5. The zero-order chi connectivity index (χ0) is 15.7. The standard InChI is InChI=1S/C16H21ClN2O3/c1-2-22-14-10-13(20)16(14)4-7-19(8-5-16)15(21)12-9-11(17)3-6-18-12/h3,6,9,13-14,20H,2,4-5,7-8,10H2,1H3/t13-,14-/m1/s1. The number of rotatable bonds is 3. The quantitative estimate of drug-likeness (QED) is 0.925. The Morgan fingerprint density at radius 2 is 2.27 bits per heavy atom. The van der Waals surface area contributed by atoms with Gasteiger partial charge < -0.3 is 14.7 Å². The van der Waals surface area contributed by atoms with Crippen LogP contribution >= 0.6 is 11.6 Å². The van der Waals surface area contributed by atoms with Gasteiger partial charge in [0.15, 0.2) is 0 Å². The third kappa shape index (κ3) is 2.62. The predicted octanol–water partition coefficient (Wildman–Crippen LogP) is 2.13. The Morgan fingerprint density at radius 3 is 2.86 bits per heavy atom. The number of likely N-dealkylation sites (tertiary alicyclic amines) is 1. The molecule has 6 heteroatoms. The molecule has 1 aliphatic carbocycles. The van der Waals surface area contributed by atoms with E-state index in [2.05, 4.69) is 4.98 Å². The fourth-order valence-electron chi connectivity index (χ4n) is 3.63. The summed E-state index contributed by atoms with van der Waals surface area (Å²) in [5.74, 6) is -0.0980. The molecule has 120 valence electrons. The van der Waals surface area contributed by atoms with Crippen LogP contribution in [0, 0.1) is 5.41 Å². The number of pyridine rings is 1. The van der Waals surface area contributed by atoms with Crippen LogP contribution in [0.4, 0.5) is 0 Å². The lowest BCUT2D eigenvalue weighted by molar-refractivity contribution is -0.207. The van der Waals surface area contributed by atoms with E-state index in [0.29, 0.717) is 36.8 Å². The summed E-state index contributed by atoms with van der Waals surface area (Å²) in [4.78, 5) is 18.4. The van der Waals surface area contributed by atoms with Gasteiger partial charge in [-0.05, 0) is 31.9 Å². The first-order valence-electron chi connectivity index (χ1n) is 7.77. The first-order chi connectivity index (χ1) is 10.6. The van der Waals surface area contributed by atoms with Crippen LogP contribution in [-0.4, -0.2) is 52.8 Å². The summed E-state index contributed by atoms with van der Waals surface area (Å²) in [6, 6.07) is 3.25. The molecule has 0 unspecified atom stereocenters. The van der Waals surface area contributed by atoms with E-state index >= 15 is 0 Å². The highest BCUT2D eigenvalue weighted by molar-refractivity contribution is 6.30. The number of aromatic nitrogens is 1. The Hall–Kier alpha value is -1.17. The minimum atomic E-state index is -0.314. The smallest absolute Gasteiger partial charge is 0.272 e. The molecule has 5 nitrogen and oxygen atoms in total. The molecule has 2 aliphatic rings. The Labute approximate surface area is 135 Å². The monoisotopic (exact) mass is 324 g/mol. The van der Waals surface area contributed by atoms with E-state index < -0.39 is 0 Å². The van der Waals surface area contributed by atoms with Gasteiger partial charge in [-0.2, -0.15) is 0 Å². The van der Waals surface area contributed by atoms with Crippen molar-refractivity contribution in [3.8, 4) is 0 Å². The van der Waals surface area contributed by atoms with Crippen molar-refractivity contribution in [3.63, 3.8) is 0 Å². The average molecular weight is 325 g/mol. The zero-order valence-corrected chi connectivity index (χ0v) is 13.4. The highest BCUT2D eigenvalue weighted by atomic mass is 35.5. The number of aliphatic hydroxyl groups is 1. The molecule has 3 rings (SSSR count). The van der Waals surface area contributed by atoms with Gasteiger partial charge in [-0.3, -0.25) is 9.78 Å². The van der Waals surface area contributed by atoms with Gasteiger partial charge in [-0.15, -0.1) is 0 Å². The molecule has 1 aromatic rings. The van der Waals surface area contributed by atoms with E-state index in [1.165, 1.54) is 0 Å². The largest absolute Gasteiger partial charge is 0.392 e. The number of hydrogen-bond donors (Lipinski definition) is 1. The molecule has 1 aromatic heterocycles. The van der Waals surface area contributed by atoms with Gasteiger partial charge in [0.1, 0.15) is 5.69 Å². The second-order valence-corrected chi connectivity index (χ2v) is 6.52. The molecule has 1 spiro atoms. The molecular weight excluding hydrogens is 304 g/mol. The van der Waals surface area contributed by atoms with Gasteiger partial charge in [0.25, 0.3) is 5.91 Å². The van der Waals surface area contributed by atoms with E-state index in [1.54, 1.807) is 23.2 Å². The van der Waals surface area contributed by atoms with E-state index in [9.17, 15) is 9.90 Å². The second kappa shape index (κ2) is 6.14. The molecule has 1 saturated heterocycles. The third-order valence-corrected chi connectivity index (χ3v) is 5.27. The minimum Gasteiger partial charge on any atom is -0.392 e. The topological polar surface area (TPSA) is 62.7 Å². The molecule has 0 radical (unpaired) electrons. The van der Waals surface area contributed by atoms with Gasteiger partial charge in [-0.1, -0.05) is 11.6 Å². The second-order valence-electron chi connectivity index (χ2n) is 6.08. The van der Waals surface area contributed by atoms with Gasteiger partial charge in [0.05, 0.1) is 12.2 Å². The van der Waals surface area contributed by atoms with Crippen LogP contribution in [0.3, 0.4) is 0 Å². The third-order valence-electron chi connectivity index (χ3n) is 5.03. The van der Waals surface area contributed by atoms with Crippen molar-refractivity contribution < 1.29 is 14.6 Å². The van der Waals surface area contributed by atoms with Crippen LogP contribution in [0.1, 0.15) is 36.7 Å². The number of carbonyl (C=O) groups excluding carboxylic acids is 1. The summed E-state index contributed by atoms with van der Waals surface area (Å²) in [5.41, 5.74) is 0.202. The molecule has 1 N–H and O–H groups in total. The lowest BCUT2D eigenvalue weighted by Gasteiger charge is -2.56. The molecule has 2 heterocycles. The van der Waals surface area contributed by atoms with Crippen LogP contribution in [0.2, 0.25) is 5.02 Å². The summed E-state index contributed by atoms with van der Waals surface area (Å²) in [6.45, 7) is 3.87. The molecule has 2 fully saturated rings. The van der Waals surface area contributed by atoms with E-state index in [-0.39, 0.29) is 23.5 Å². The minimum absolute atomic E-state index is 0.0980. The Kier molecular flexibility index (Phi) is 4.39. The van der Waals surface area contributed by atoms with E-state index in [4.69, 9.17) is 16.3 Å². The number of aliphatic hydroxyl groups excluding tert-OH is 1. The van der Waals surface area contributed by atoms with Crippen molar-refractivity contribution in [1.82, 2.24) is 9.88 Å². The SMILES string of the molecule is CCO[C@@H]1C[C@@H](O)C12CCN(C(=O)c1cc(Cl)ccn1)CC2. The summed E-state index contributed by atoms with van der Waals surface area (Å²) >= 11 is 5.92. The Balaban J connectivity index is 1.65. The maximum Gasteiger partial charge on any atom is 0.272 e. The van der Waals surface area contributed by atoms with Crippen LogP contribution in [0.25, 0.3) is 0 Å². The fourth-order valence-corrected chi connectivity index (χ4v) is 3.79. The van der Waals surface area contributed by atoms with Crippen LogP contribution in [0.15, 0.2) is 18.3 Å². The van der Waals surface area contributed by atoms with Gasteiger partial charge in [0, 0.05) is 42.8 Å². The van der Waals surface area contributed by atoms with Gasteiger partial charge in [-0.25, -0.2) is 0 Å². The number of ether oxygens (including phenoxy) is 1. The molecule has 1 amide bonds. The average Bonchev–Trinajstić information content (AvgIpc) is 2.54. The number of carbonyl (C=O) groups is 1. The van der Waals surface area contributed by atoms with Crippen LogP contribution < -0.4 is 0 Å². The normalized spacial score (nSPS) is 26.8. The van der Waals surface area contributed by atoms with E-state index in [0.717, 1.165) is 12.8 Å². The van der Waals surface area contributed by atoms with Crippen molar-refractivity contribution in [1.29, 1.82) is 0 Å². The number of amides is 1. The van der Waals surface area contributed by atoms with Crippen LogP contribution in [0.5, 0.6) is 0 Å². The highest BCUT2D eigenvalue weighted by Gasteiger charge is 2.56. The first kappa shape index (κ1) is 15.7. The predicted molar refractivity (Wildman–Crippen MR) is 82.9 cm³/mol. The highest BCUT2D eigenvalue weighted by Crippen LogP contribution is 2.51. The summed E-state index contributed by atoms with van der Waals surface area (Å²) in [5, 5.41) is 10.7. The van der Waals surface area contributed by atoms with Gasteiger partial charge >= 0.3 is 0 Å². The van der Waals surface area contributed by atoms with Crippen molar-refractivity contribution in [2.45, 2.75) is 38.4 Å². The number of hydrogen-bond acceptors (Lipinski definition) is 4. The van der Waals surface area contributed by atoms with E-state index in [1.807, 2.05) is 6.92 Å². The van der Waals surface area contributed by atoms with Crippen molar-refractivity contribution >= 4 is 17.5 Å². The lowest BCUT2D eigenvalue weighted by atomic mass is 9.58. The first-order valence-corrected chi connectivity index (χ1v) is 8.15. The Morgan fingerprint density at radius 1 is 1.55 bits per heavy atom. The van der Waals surface area contributed by atoms with Crippen molar-refractivity contribution in [2.75, 3.05) is 19.7 Å². The number of halogens is 1. The molecule has 1 saturated carbocycles. The summed E-state index contributed by atoms with van der Waals surface area (Å²) < 4.78 is 5.74. The number of nitrogens with zero attached hydrogens (tertiary/aromatic N) is 2. The molecule has 0 bridgehead atoms. The van der Waals surface area contributed by atoms with Crippen LogP contribution in [-0.2, 0) is 4.74 Å². The van der Waals surface area contributed by atoms with Crippen molar-refractivity contribution in [2.24, 2.45) is 5.41 Å². The Bertz CT molecular complexity index is 556. The zero-order valence-electron chi connectivity index (χ0n) is 12.7. The molecule has 2 atom stereocenters. The molecule has 0 aromatic carbocycles. The van der Waals surface area contributed by atoms with Crippen molar-refractivity contribution in [3.05, 3.63) is 29.0 Å². The summed E-state index contributed by atoms with van der Waals surface area (Å²) in [6.07, 6.45) is 3.59. The molecule has 1 aliphatic heterocycles. The molecule has 22 heavy (non-hydrogen) atoms. The number of piperidine rings is 1. The van der Waals surface area contributed by atoms with Gasteiger partial charge in [0.2, 0.25) is 0 Å². The lowest BCUT2D eigenvalue weighted by Crippen LogP contribution is -2.62. The summed E-state index contributed by atoms with van der Waals surface area (Å²) in [7, 11) is 0. The fraction of sp³-hybridized carbons (Fsp3) is 0.625.